The summed E-state index contributed by atoms with van der Waals surface area (Å²) in [4.78, 5) is 15.6. The number of anilines is 1. The molecule has 7 heteroatoms. The van der Waals surface area contributed by atoms with E-state index < -0.39 is 0 Å². The van der Waals surface area contributed by atoms with Crippen LogP contribution in [0.4, 0.5) is 5.69 Å². The first-order chi connectivity index (χ1) is 16.9. The van der Waals surface area contributed by atoms with E-state index in [4.69, 9.17) is 4.74 Å². The van der Waals surface area contributed by atoms with E-state index in [-0.39, 0.29) is 11.9 Å². The van der Waals surface area contributed by atoms with Gasteiger partial charge in [-0.1, -0.05) is 19.9 Å². The minimum atomic E-state index is -0.189. The first kappa shape index (κ1) is 26.3. The molecule has 1 fully saturated rings. The highest BCUT2D eigenvalue weighted by Crippen LogP contribution is 2.30. The normalized spacial score (nSPS) is 14.1. The van der Waals surface area contributed by atoms with Gasteiger partial charge in [-0.25, -0.2) is 0 Å². The highest BCUT2D eigenvalue weighted by atomic mass is 16.5. The van der Waals surface area contributed by atoms with Gasteiger partial charge in [0.15, 0.2) is 0 Å². The van der Waals surface area contributed by atoms with Gasteiger partial charge in [0, 0.05) is 56.2 Å². The fraction of sp³-hybridized carbons (Fsp3) is 0.429. The van der Waals surface area contributed by atoms with Crippen LogP contribution in [0.1, 0.15) is 54.0 Å². The van der Waals surface area contributed by atoms with Crippen molar-refractivity contribution in [2.24, 2.45) is 7.05 Å². The first-order valence-electron chi connectivity index (χ1n) is 12.4. The molecule has 0 spiro atoms. The fourth-order valence-electron chi connectivity index (χ4n) is 4.36. The van der Waals surface area contributed by atoms with Crippen molar-refractivity contribution < 1.29 is 9.53 Å². The maximum atomic E-state index is 13.3. The van der Waals surface area contributed by atoms with Crippen molar-refractivity contribution in [2.45, 2.75) is 40.7 Å². The number of hydrogen-bond acceptors (Lipinski definition) is 5. The molecule has 2 heterocycles. The second-order valence-electron chi connectivity index (χ2n) is 8.73. The number of carbonyl (C=O) groups excluding carboxylic acids is 1. The Hall–Kier alpha value is -3.32. The molecule has 2 N–H and O–H groups in total. The van der Waals surface area contributed by atoms with Crippen molar-refractivity contribution >= 4 is 11.6 Å². The number of ether oxygens (including phenoxy) is 1. The van der Waals surface area contributed by atoms with Gasteiger partial charge in [-0.2, -0.15) is 5.10 Å². The zero-order valence-electron chi connectivity index (χ0n) is 22.1. The van der Waals surface area contributed by atoms with Gasteiger partial charge in [0.1, 0.15) is 5.75 Å². The molecule has 1 aliphatic heterocycles. The summed E-state index contributed by atoms with van der Waals surface area (Å²) in [7, 11) is 3.57. The van der Waals surface area contributed by atoms with E-state index in [1.165, 1.54) is 0 Å². The largest absolute Gasteiger partial charge is 0.497 e. The topological polar surface area (TPSA) is 71.4 Å². The molecule has 0 saturated carbocycles. The molecule has 35 heavy (non-hydrogen) atoms. The van der Waals surface area contributed by atoms with Crippen molar-refractivity contribution in [1.29, 1.82) is 0 Å². The zero-order chi connectivity index (χ0) is 25.5. The van der Waals surface area contributed by atoms with Crippen molar-refractivity contribution in [3.63, 3.8) is 0 Å². The number of nitrogens with zero attached hydrogens (tertiary/aromatic N) is 3. The van der Waals surface area contributed by atoms with Crippen molar-refractivity contribution in [2.75, 3.05) is 38.2 Å². The molecule has 0 aliphatic carbocycles. The molecule has 7 nitrogen and oxygen atoms in total. The quantitative estimate of drug-likeness (QED) is 0.541. The van der Waals surface area contributed by atoms with Crippen LogP contribution in [0.5, 0.6) is 5.75 Å². The third-order valence-electron chi connectivity index (χ3n) is 6.28. The number of amides is 1. The van der Waals surface area contributed by atoms with Crippen LogP contribution in [-0.4, -0.2) is 49.0 Å². The van der Waals surface area contributed by atoms with Crippen LogP contribution in [0.15, 0.2) is 42.6 Å². The number of carbonyl (C=O) groups is 1. The third kappa shape index (κ3) is 6.22. The van der Waals surface area contributed by atoms with Crippen LogP contribution in [0.3, 0.4) is 0 Å². The molecule has 1 unspecified atom stereocenters. The average Bonchev–Trinajstić information content (AvgIpc) is 3.23. The number of benzene rings is 2. The molecule has 1 atom stereocenters. The molecule has 4 rings (SSSR count). The first-order valence-corrected chi connectivity index (χ1v) is 12.4. The van der Waals surface area contributed by atoms with Gasteiger partial charge < -0.3 is 20.3 Å². The molecular formula is C28H39N5O2. The molecule has 1 saturated heterocycles. The summed E-state index contributed by atoms with van der Waals surface area (Å²) in [6.07, 6.45) is 2.00. The van der Waals surface area contributed by atoms with Crippen LogP contribution in [0, 0.1) is 13.8 Å². The zero-order valence-corrected chi connectivity index (χ0v) is 22.1. The maximum absolute atomic E-state index is 13.3. The fourth-order valence-corrected chi connectivity index (χ4v) is 4.36. The number of nitrogens with one attached hydrogen (secondary N) is 2. The SMILES string of the molecule is CC.COc1cc(-c2cn(C)nc2C)cc(C(C)NC(=O)c2cc(N3CCNCC3)ccc2C)c1. The van der Waals surface area contributed by atoms with Gasteiger partial charge in [-0.15, -0.1) is 0 Å². The van der Waals surface area contributed by atoms with Crippen LogP contribution >= 0.6 is 0 Å². The molecule has 2 aromatic carbocycles. The third-order valence-corrected chi connectivity index (χ3v) is 6.28. The Morgan fingerprint density at radius 2 is 1.83 bits per heavy atom. The Labute approximate surface area is 209 Å². The summed E-state index contributed by atoms with van der Waals surface area (Å²) in [5.41, 5.74) is 6.78. The molecular weight excluding hydrogens is 438 g/mol. The van der Waals surface area contributed by atoms with Crippen molar-refractivity contribution in [3.05, 3.63) is 65.0 Å². The lowest BCUT2D eigenvalue weighted by molar-refractivity contribution is 0.0939. The standard InChI is InChI=1S/C26H33N5O2.C2H6/c1-17-6-7-22(31-10-8-27-9-11-31)15-24(17)26(32)28-18(2)20-12-21(14-23(13-20)33-5)25-16-30(4)29-19(25)3;1-2/h6-7,12-16,18,27H,8-11H2,1-5H3,(H,28,32);1-2H3. The van der Waals surface area contributed by atoms with Gasteiger partial charge in [0.25, 0.3) is 5.91 Å². The molecule has 0 bridgehead atoms. The van der Waals surface area contributed by atoms with Crippen molar-refractivity contribution in [1.82, 2.24) is 20.4 Å². The summed E-state index contributed by atoms with van der Waals surface area (Å²) < 4.78 is 7.36. The van der Waals surface area contributed by atoms with Crippen LogP contribution in [0.2, 0.25) is 0 Å². The lowest BCUT2D eigenvalue weighted by atomic mass is 9.99. The summed E-state index contributed by atoms with van der Waals surface area (Å²) in [6.45, 7) is 13.8. The van der Waals surface area contributed by atoms with E-state index in [2.05, 4.69) is 32.8 Å². The predicted molar refractivity (Wildman–Crippen MR) is 143 cm³/mol. The highest BCUT2D eigenvalue weighted by Gasteiger charge is 2.18. The van der Waals surface area contributed by atoms with E-state index in [1.807, 2.05) is 76.8 Å². The van der Waals surface area contributed by atoms with Gasteiger partial charge in [-0.3, -0.25) is 9.48 Å². The Bertz CT molecular complexity index is 1150. The molecule has 1 aliphatic rings. The predicted octanol–water partition coefficient (Wildman–Crippen LogP) is 4.64. The number of hydrogen-bond donors (Lipinski definition) is 2. The molecule has 188 valence electrons. The van der Waals surface area contributed by atoms with Crippen LogP contribution in [-0.2, 0) is 7.05 Å². The van der Waals surface area contributed by atoms with Gasteiger partial charge >= 0.3 is 0 Å². The number of rotatable bonds is 6. The molecule has 3 aromatic rings. The van der Waals surface area contributed by atoms with E-state index in [9.17, 15) is 4.79 Å². The number of methoxy groups -OCH3 is 1. The van der Waals surface area contributed by atoms with Gasteiger partial charge in [-0.05, 0) is 67.8 Å². The molecule has 0 radical (unpaired) electrons. The maximum Gasteiger partial charge on any atom is 0.252 e. The molecule has 1 aromatic heterocycles. The average molecular weight is 478 g/mol. The second-order valence-corrected chi connectivity index (χ2v) is 8.73. The number of aromatic nitrogens is 2. The summed E-state index contributed by atoms with van der Waals surface area (Å²) in [5, 5.41) is 11.0. The summed E-state index contributed by atoms with van der Waals surface area (Å²) >= 11 is 0. The van der Waals surface area contributed by atoms with E-state index >= 15 is 0 Å². The Balaban J connectivity index is 0.00000167. The second kappa shape index (κ2) is 11.9. The minimum Gasteiger partial charge on any atom is -0.497 e. The Morgan fingerprint density at radius 1 is 1.11 bits per heavy atom. The Kier molecular flexibility index (Phi) is 8.93. The minimum absolute atomic E-state index is 0.0705. The lowest BCUT2D eigenvalue weighted by Crippen LogP contribution is -2.43. The monoisotopic (exact) mass is 477 g/mol. The Morgan fingerprint density at radius 3 is 2.46 bits per heavy atom. The summed E-state index contributed by atoms with van der Waals surface area (Å²) in [6, 6.07) is 12.0. The van der Waals surface area contributed by atoms with Crippen molar-refractivity contribution in [3.8, 4) is 16.9 Å². The van der Waals surface area contributed by atoms with Crippen LogP contribution in [0.25, 0.3) is 11.1 Å². The number of piperazine rings is 1. The van der Waals surface area contributed by atoms with Crippen LogP contribution < -0.4 is 20.3 Å². The van der Waals surface area contributed by atoms with E-state index in [1.54, 1.807) is 7.11 Å². The smallest absolute Gasteiger partial charge is 0.252 e. The lowest BCUT2D eigenvalue weighted by Gasteiger charge is -2.30. The van der Waals surface area contributed by atoms with Gasteiger partial charge in [0.05, 0.1) is 18.8 Å². The summed E-state index contributed by atoms with van der Waals surface area (Å²) in [5.74, 6) is 0.683. The molecule has 1 amide bonds. The number of aryl methyl sites for hydroxylation is 3. The highest BCUT2D eigenvalue weighted by molar-refractivity contribution is 5.97. The van der Waals surface area contributed by atoms with E-state index in [0.717, 1.165) is 65.6 Å². The van der Waals surface area contributed by atoms with Gasteiger partial charge in [0.2, 0.25) is 0 Å². The van der Waals surface area contributed by atoms with E-state index in [0.29, 0.717) is 5.56 Å².